The van der Waals surface area contributed by atoms with Crippen molar-refractivity contribution in [1.29, 1.82) is 0 Å². The first-order chi connectivity index (χ1) is 29.0. The number of fused-ring (bicyclic) bond motifs is 3. The molecule has 0 amide bonds. The number of rotatable bonds is 14. The molecule has 8 rings (SSSR count). The van der Waals surface area contributed by atoms with Crippen LogP contribution in [0.3, 0.4) is 0 Å². The molecule has 59 heavy (non-hydrogen) atoms. The molecule has 1 aliphatic rings. The van der Waals surface area contributed by atoms with E-state index in [2.05, 4.69) is 200 Å². The van der Waals surface area contributed by atoms with Gasteiger partial charge in [-0.3, -0.25) is 0 Å². The van der Waals surface area contributed by atoms with Crippen molar-refractivity contribution >= 4 is 16.6 Å². The maximum absolute atomic E-state index is 5.34. The maximum Gasteiger partial charge on any atom is 0.0534 e. The number of benzene rings is 6. The summed E-state index contributed by atoms with van der Waals surface area (Å²) in [6.45, 7) is 10.1. The SMILES string of the molecule is C#C/C=C\C=C/C/C(C)=C(/C=C\C=C)N(C)c1ccc(-c2cccc(-c3cc(-c4ccccc4)cc(-c4ccc(-n5c6c(c7ccccc75)C6CC=C)cc4)c3)c2)cc1. The molecule has 1 aliphatic carbocycles. The van der Waals surface area contributed by atoms with E-state index in [1.54, 1.807) is 6.08 Å². The highest BCUT2D eigenvalue weighted by Gasteiger charge is 2.39. The lowest BCUT2D eigenvalue weighted by molar-refractivity contribution is 0.926. The summed E-state index contributed by atoms with van der Waals surface area (Å²) in [5.74, 6) is 2.99. The number of likely N-dealkylation sites (N-methyl/N-ethyl adjacent to an activating group) is 1. The van der Waals surface area contributed by atoms with E-state index in [-0.39, 0.29) is 0 Å². The van der Waals surface area contributed by atoms with Crippen LogP contribution in [0.4, 0.5) is 5.69 Å². The molecule has 0 saturated heterocycles. The minimum atomic E-state index is 0.465. The summed E-state index contributed by atoms with van der Waals surface area (Å²) in [6.07, 6.45) is 22.8. The molecule has 0 N–H and O–H groups in total. The van der Waals surface area contributed by atoms with Crippen LogP contribution in [-0.4, -0.2) is 11.6 Å². The monoisotopic (exact) mass is 760 g/mol. The molecule has 0 fully saturated rings. The minimum Gasteiger partial charge on any atom is -0.345 e. The standard InChI is InChI=1S/C57H48N2/c1-6-9-11-12-14-21-41(4)54(27-10-7-2)58(5)50-33-29-43(30-34-50)45-24-19-25-46(37-45)49-39-47(42-22-15-13-16-23-42)38-48(40-49)44-31-35-51(36-32-44)59-55-28-18-17-26-52(55)56-53(20-8-3)57(56)59/h1,7-19,22-40,53H,2-3,20-21H2,4-5H3/b11-9-,14-12-,27-10-,54-41-. The molecule has 1 unspecified atom stereocenters. The lowest BCUT2D eigenvalue weighted by Gasteiger charge is -2.23. The van der Waals surface area contributed by atoms with E-state index in [0.29, 0.717) is 5.92 Å². The summed E-state index contributed by atoms with van der Waals surface area (Å²) in [6, 6.07) is 53.2. The zero-order chi connectivity index (χ0) is 40.7. The molecule has 1 heterocycles. The first kappa shape index (κ1) is 38.5. The third kappa shape index (κ3) is 8.10. The van der Waals surface area contributed by atoms with Crippen LogP contribution in [0.1, 0.15) is 36.9 Å². The Labute approximate surface area is 349 Å². The second kappa shape index (κ2) is 17.4. The molecular formula is C57H48N2. The molecule has 0 bridgehead atoms. The van der Waals surface area contributed by atoms with Crippen molar-refractivity contribution in [2.45, 2.75) is 25.7 Å². The Balaban J connectivity index is 1.10. The Morgan fingerprint density at radius 2 is 1.27 bits per heavy atom. The molecule has 286 valence electrons. The van der Waals surface area contributed by atoms with Gasteiger partial charge in [-0.25, -0.2) is 0 Å². The second-order valence-electron chi connectivity index (χ2n) is 15.0. The van der Waals surface area contributed by atoms with Crippen molar-refractivity contribution in [3.8, 4) is 62.5 Å². The Morgan fingerprint density at radius 1 is 0.678 bits per heavy atom. The molecule has 2 nitrogen and oxygen atoms in total. The van der Waals surface area contributed by atoms with Crippen LogP contribution in [0, 0.1) is 12.3 Å². The van der Waals surface area contributed by atoms with Crippen LogP contribution >= 0.6 is 0 Å². The fraction of sp³-hybridized carbons (Fsp3) is 0.0877. The van der Waals surface area contributed by atoms with Gasteiger partial charge in [0.25, 0.3) is 0 Å². The van der Waals surface area contributed by atoms with E-state index < -0.39 is 0 Å². The molecule has 7 aromatic rings. The largest absolute Gasteiger partial charge is 0.345 e. The van der Waals surface area contributed by atoms with Crippen molar-refractivity contribution in [3.05, 3.63) is 230 Å². The summed E-state index contributed by atoms with van der Waals surface area (Å²) in [5, 5.41) is 1.35. The summed E-state index contributed by atoms with van der Waals surface area (Å²) in [4.78, 5) is 2.23. The normalized spacial score (nSPS) is 13.7. The second-order valence-corrected chi connectivity index (χ2v) is 15.0. The van der Waals surface area contributed by atoms with E-state index in [1.165, 1.54) is 77.9 Å². The van der Waals surface area contributed by atoms with Crippen LogP contribution in [-0.2, 0) is 0 Å². The van der Waals surface area contributed by atoms with Crippen molar-refractivity contribution in [2.75, 3.05) is 11.9 Å². The van der Waals surface area contributed by atoms with Crippen LogP contribution in [0.25, 0.3) is 61.1 Å². The highest BCUT2D eigenvalue weighted by molar-refractivity contribution is 5.94. The van der Waals surface area contributed by atoms with E-state index in [1.807, 2.05) is 30.4 Å². The molecule has 0 aliphatic heterocycles. The molecule has 2 heteroatoms. The molecule has 0 spiro atoms. The summed E-state index contributed by atoms with van der Waals surface area (Å²) >= 11 is 0. The molecule has 0 saturated carbocycles. The number of nitrogens with zero attached hydrogens (tertiary/aromatic N) is 2. The number of hydrogen-bond donors (Lipinski definition) is 0. The molecule has 1 aromatic heterocycles. The Hall–Kier alpha value is -7.34. The third-order valence-electron chi connectivity index (χ3n) is 11.3. The smallest absolute Gasteiger partial charge is 0.0534 e. The number of terminal acetylenes is 1. The Kier molecular flexibility index (Phi) is 11.4. The fourth-order valence-corrected chi connectivity index (χ4v) is 8.25. The van der Waals surface area contributed by atoms with Crippen LogP contribution in [0.5, 0.6) is 0 Å². The van der Waals surface area contributed by atoms with Crippen molar-refractivity contribution < 1.29 is 0 Å². The van der Waals surface area contributed by atoms with Gasteiger partial charge in [0.2, 0.25) is 0 Å². The zero-order valence-electron chi connectivity index (χ0n) is 33.9. The molecule has 1 atom stereocenters. The Bertz CT molecular complexity index is 2810. The maximum atomic E-state index is 5.34. The highest BCUT2D eigenvalue weighted by Crippen LogP contribution is 2.53. The van der Waals surface area contributed by atoms with Crippen molar-refractivity contribution in [2.24, 2.45) is 0 Å². The fourth-order valence-electron chi connectivity index (χ4n) is 8.25. The molecule has 0 radical (unpaired) electrons. The van der Waals surface area contributed by atoms with Gasteiger partial charge in [0, 0.05) is 41.1 Å². The van der Waals surface area contributed by atoms with Crippen molar-refractivity contribution in [3.63, 3.8) is 0 Å². The number of aromatic nitrogens is 1. The van der Waals surface area contributed by atoms with E-state index in [0.717, 1.165) is 24.2 Å². The quantitative estimate of drug-likeness (QED) is 0.0609. The topological polar surface area (TPSA) is 8.17 Å². The van der Waals surface area contributed by atoms with Gasteiger partial charge >= 0.3 is 0 Å². The summed E-state index contributed by atoms with van der Waals surface area (Å²) < 4.78 is 2.45. The van der Waals surface area contributed by atoms with Gasteiger partial charge in [-0.05, 0) is 142 Å². The predicted molar refractivity (Wildman–Crippen MR) is 254 cm³/mol. The van der Waals surface area contributed by atoms with Gasteiger partial charge in [-0.15, -0.1) is 13.0 Å². The van der Waals surface area contributed by atoms with Crippen molar-refractivity contribution in [1.82, 2.24) is 4.57 Å². The minimum absolute atomic E-state index is 0.465. The lowest BCUT2D eigenvalue weighted by atomic mass is 9.92. The number of allylic oxidation sites excluding steroid dienone is 9. The van der Waals surface area contributed by atoms with Gasteiger partial charge < -0.3 is 9.47 Å². The zero-order valence-corrected chi connectivity index (χ0v) is 33.9. The van der Waals surface area contributed by atoms with Gasteiger partial charge in [0.05, 0.1) is 5.52 Å². The highest BCUT2D eigenvalue weighted by atomic mass is 15.1. The van der Waals surface area contributed by atoms with E-state index >= 15 is 0 Å². The van der Waals surface area contributed by atoms with Gasteiger partial charge in [0.1, 0.15) is 0 Å². The lowest BCUT2D eigenvalue weighted by Crippen LogP contribution is -2.16. The van der Waals surface area contributed by atoms with E-state index in [4.69, 9.17) is 6.42 Å². The number of hydrogen-bond acceptors (Lipinski definition) is 1. The van der Waals surface area contributed by atoms with E-state index in [9.17, 15) is 0 Å². The van der Waals surface area contributed by atoms with Gasteiger partial charge in [-0.2, -0.15) is 0 Å². The van der Waals surface area contributed by atoms with Gasteiger partial charge in [0.15, 0.2) is 0 Å². The average molecular weight is 761 g/mol. The number of anilines is 1. The first-order valence-electron chi connectivity index (χ1n) is 20.3. The van der Waals surface area contributed by atoms with Crippen LogP contribution < -0.4 is 4.90 Å². The first-order valence-corrected chi connectivity index (χ1v) is 20.3. The summed E-state index contributed by atoms with van der Waals surface area (Å²) in [5.41, 5.74) is 18.3. The Morgan fingerprint density at radius 3 is 1.97 bits per heavy atom. The third-order valence-corrected chi connectivity index (χ3v) is 11.3. The van der Waals surface area contributed by atoms with Crippen LogP contribution in [0.2, 0.25) is 0 Å². The predicted octanol–water partition coefficient (Wildman–Crippen LogP) is 14.9. The molecular weight excluding hydrogens is 713 g/mol. The average Bonchev–Trinajstić information content (AvgIpc) is 3.87. The number of para-hydroxylation sites is 1. The van der Waals surface area contributed by atoms with Crippen LogP contribution in [0.15, 0.2) is 219 Å². The van der Waals surface area contributed by atoms with Gasteiger partial charge in [-0.1, -0.05) is 140 Å². The molecule has 6 aromatic carbocycles. The summed E-state index contributed by atoms with van der Waals surface area (Å²) in [7, 11) is 2.11.